The maximum atomic E-state index is 11.6. The molecule has 0 amide bonds. The smallest absolute Gasteiger partial charge is 0.148 e. The number of aromatic nitrogens is 3. The normalized spacial score (nSPS) is 14.5. The molecule has 0 saturated carbocycles. The number of rotatable bonds is 7. The van der Waals surface area contributed by atoms with Crippen LogP contribution in [0.1, 0.15) is 73.3 Å². The van der Waals surface area contributed by atoms with Crippen molar-refractivity contribution in [2.24, 2.45) is 0 Å². The minimum absolute atomic E-state index is 0. The zero-order valence-electron chi connectivity index (χ0n) is 46.2. The Bertz CT molecular complexity index is 3610. The summed E-state index contributed by atoms with van der Waals surface area (Å²) in [5.41, 5.74) is 6.58. The zero-order valence-corrected chi connectivity index (χ0v) is 37.4. The molecule has 0 spiro atoms. The van der Waals surface area contributed by atoms with E-state index in [0.717, 1.165) is 22.3 Å². The summed E-state index contributed by atoms with van der Waals surface area (Å²) in [7, 11) is 0. The summed E-state index contributed by atoms with van der Waals surface area (Å²) in [5, 5.41) is 11.6. The molecule has 2 heterocycles. The minimum Gasteiger partial charge on any atom is -0.507 e. The van der Waals surface area contributed by atoms with Crippen LogP contribution in [0.4, 0.5) is 0 Å². The molecule has 9 rings (SSSR count). The summed E-state index contributed by atoms with van der Waals surface area (Å²) in [5.74, 6) is 0.266. The van der Waals surface area contributed by atoms with Crippen LogP contribution in [0.15, 0.2) is 170 Å². The van der Waals surface area contributed by atoms with Gasteiger partial charge in [-0.2, -0.15) is 0 Å². The molecule has 0 aliphatic rings. The van der Waals surface area contributed by atoms with E-state index in [1.165, 1.54) is 0 Å². The molecule has 0 aliphatic carbocycles. The second kappa shape index (κ2) is 16.8. The Morgan fingerprint density at radius 2 is 1.29 bits per heavy atom. The van der Waals surface area contributed by atoms with E-state index in [2.05, 4.69) is 31.8 Å². The molecule has 1 N–H and O–H groups in total. The van der Waals surface area contributed by atoms with E-state index in [-0.39, 0.29) is 60.2 Å². The fourth-order valence-electron chi connectivity index (χ4n) is 7.64. The monoisotopic (exact) mass is 998 g/mol. The molecule has 5 heteroatoms. The number of hydrogen-bond donors (Lipinski definition) is 1. The summed E-state index contributed by atoms with van der Waals surface area (Å²) in [6, 6.07) is 36.7. The third-order valence-electron chi connectivity index (χ3n) is 11.0. The summed E-state index contributed by atoms with van der Waals surface area (Å²) in [6.07, 6.45) is -0.564. The number of phenols is 1. The summed E-state index contributed by atoms with van der Waals surface area (Å²) >= 11 is 0. The Labute approximate surface area is 395 Å². The van der Waals surface area contributed by atoms with Crippen molar-refractivity contribution in [2.75, 3.05) is 0 Å². The van der Waals surface area contributed by atoms with Gasteiger partial charge in [-0.25, -0.2) is 4.98 Å². The topological polar surface area (TPSA) is 50.9 Å². The number of fused-ring (bicyclic) bond motifs is 1. The first-order valence-electron chi connectivity index (χ1n) is 25.7. The van der Waals surface area contributed by atoms with Gasteiger partial charge in [0.1, 0.15) is 11.6 Å². The predicted octanol–water partition coefficient (Wildman–Crippen LogP) is 14.8. The second-order valence-corrected chi connectivity index (χ2v) is 17.2. The summed E-state index contributed by atoms with van der Waals surface area (Å²) in [6.45, 7) is 9.84. The number of benzene rings is 7. The average molecular weight is 999 g/mol. The maximum absolute atomic E-state index is 11.6. The Morgan fingerprint density at radius 1 is 0.613 bits per heavy atom. The van der Waals surface area contributed by atoms with Crippen molar-refractivity contribution in [3.8, 4) is 78.6 Å². The van der Waals surface area contributed by atoms with Crippen LogP contribution in [-0.2, 0) is 31.9 Å². The molecule has 62 heavy (non-hydrogen) atoms. The van der Waals surface area contributed by atoms with Gasteiger partial charge in [0.25, 0.3) is 0 Å². The van der Waals surface area contributed by atoms with Crippen LogP contribution in [0.2, 0.25) is 0 Å². The van der Waals surface area contributed by atoms with Gasteiger partial charge in [-0.1, -0.05) is 168 Å². The molecular weight excluding hydrogens is 938 g/mol. The second-order valence-electron chi connectivity index (χ2n) is 17.2. The fourth-order valence-corrected chi connectivity index (χ4v) is 7.64. The number of imidazole rings is 1. The maximum Gasteiger partial charge on any atom is 0.148 e. The molecule has 0 bridgehead atoms. The van der Waals surface area contributed by atoms with Crippen molar-refractivity contribution < 1.29 is 41.3 Å². The van der Waals surface area contributed by atoms with E-state index in [9.17, 15) is 6.48 Å². The molecule has 0 atom stereocenters. The number of pyridine rings is 1. The SMILES string of the molecule is [2H]c1nc(-c2[c-]c(-c3cccc4c3nc(-c3ccccc3O)n4-c3cc(C([2H])([2H])[2H])c(-c4ccc(C(C)(C)C)cc4)cc3-c3ccccc3)cc(C(C)(C)C)c2)c([2H])c(-c2c([2H])c([2H])c([2H])c([2H])c2[2H])c1[2H].[Pt]. The Morgan fingerprint density at radius 3 is 2.00 bits per heavy atom. The van der Waals surface area contributed by atoms with Crippen molar-refractivity contribution in [2.45, 2.75) is 59.2 Å². The van der Waals surface area contributed by atoms with Gasteiger partial charge in [0.05, 0.1) is 33.3 Å². The zero-order chi connectivity index (χ0) is 51.9. The molecular formula is C57H50N3OPt-. The Hall–Kier alpha value is -6.35. The standard InChI is InChI=1S/C57H50N3O.Pt/c1-37-31-52(49(39-19-12-9-13-20-39)36-48(37)40-25-27-44(28-26-40)56(2,3)4)60-51-23-16-22-46(54(51)59-55(60)47-21-14-15-24-53(47)61)42-32-43(34-45(33-42)57(5,6)7)50-35-41(29-30-58-50)38-17-10-8-11-18-38;/h8-31,33-36,61H,1-7H3;/q-1;/i1D3,8D,10D,11D,17D,18D,29D,30D,35D;. The molecule has 0 fully saturated rings. The van der Waals surface area contributed by atoms with Gasteiger partial charge in [-0.3, -0.25) is 9.55 Å². The van der Waals surface area contributed by atoms with Gasteiger partial charge in [0.2, 0.25) is 0 Å². The number of phenolic OH excluding ortho intramolecular Hbond substituents is 1. The van der Waals surface area contributed by atoms with Crippen LogP contribution in [0.5, 0.6) is 5.75 Å². The molecule has 7 aromatic carbocycles. The third kappa shape index (κ3) is 8.20. The van der Waals surface area contributed by atoms with Crippen LogP contribution in [0, 0.1) is 12.9 Å². The molecule has 0 aliphatic heterocycles. The first-order chi connectivity index (χ1) is 33.9. The largest absolute Gasteiger partial charge is 0.507 e. The first kappa shape index (κ1) is 30.6. The quantitative estimate of drug-likeness (QED) is 0.162. The van der Waals surface area contributed by atoms with E-state index in [0.29, 0.717) is 50.4 Å². The van der Waals surface area contributed by atoms with Crippen molar-refractivity contribution in [3.63, 3.8) is 0 Å². The van der Waals surface area contributed by atoms with E-state index in [1.807, 2.05) is 110 Å². The van der Waals surface area contributed by atoms with Gasteiger partial charge in [-0.15, -0.1) is 29.3 Å². The molecule has 310 valence electrons. The van der Waals surface area contributed by atoms with E-state index < -0.39 is 60.7 Å². The molecule has 2 aromatic heterocycles. The van der Waals surface area contributed by atoms with Crippen molar-refractivity contribution in [1.82, 2.24) is 14.5 Å². The predicted molar refractivity (Wildman–Crippen MR) is 254 cm³/mol. The van der Waals surface area contributed by atoms with Crippen LogP contribution in [0.3, 0.4) is 0 Å². The molecule has 9 aromatic rings. The molecule has 0 unspecified atom stereocenters. The molecule has 4 nitrogen and oxygen atoms in total. The number of aryl methyl sites for hydroxylation is 1. The number of nitrogens with zero attached hydrogens (tertiary/aromatic N) is 3. The van der Waals surface area contributed by atoms with Crippen LogP contribution < -0.4 is 0 Å². The summed E-state index contributed by atoms with van der Waals surface area (Å²) < 4.78 is 98.1. The van der Waals surface area contributed by atoms with E-state index in [4.69, 9.17) is 18.7 Å². The number of aromatic hydroxyl groups is 1. The van der Waals surface area contributed by atoms with Gasteiger partial charge in [-0.05, 0) is 93.0 Å². The third-order valence-corrected chi connectivity index (χ3v) is 11.0. The van der Waals surface area contributed by atoms with Crippen molar-refractivity contribution >= 4 is 11.0 Å². The Kier molecular flexibility index (Phi) is 8.32. The fraction of sp³-hybridized carbons (Fsp3) is 0.158. The Balaban J connectivity index is 0.00000711. The van der Waals surface area contributed by atoms with Gasteiger partial charge in [0, 0.05) is 42.6 Å². The van der Waals surface area contributed by atoms with Crippen LogP contribution in [-0.4, -0.2) is 19.6 Å². The molecule has 0 saturated heterocycles. The first-order valence-corrected chi connectivity index (χ1v) is 20.2. The van der Waals surface area contributed by atoms with Crippen molar-refractivity contribution in [3.05, 3.63) is 193 Å². The number of para-hydroxylation sites is 2. The van der Waals surface area contributed by atoms with Gasteiger partial charge in [0.15, 0.2) is 0 Å². The average Bonchev–Trinajstić information content (AvgIpc) is 3.73. The molecule has 0 radical (unpaired) electrons. The van der Waals surface area contributed by atoms with Gasteiger partial charge < -0.3 is 5.11 Å². The van der Waals surface area contributed by atoms with E-state index >= 15 is 0 Å². The summed E-state index contributed by atoms with van der Waals surface area (Å²) in [4.78, 5) is 9.71. The van der Waals surface area contributed by atoms with Crippen LogP contribution in [0.25, 0.3) is 83.9 Å². The van der Waals surface area contributed by atoms with Gasteiger partial charge >= 0.3 is 0 Å². The number of hydrogen-bond acceptors (Lipinski definition) is 3. The minimum atomic E-state index is -2.57. The van der Waals surface area contributed by atoms with Crippen molar-refractivity contribution in [1.29, 1.82) is 0 Å². The van der Waals surface area contributed by atoms with Crippen LogP contribution >= 0.6 is 0 Å². The van der Waals surface area contributed by atoms with E-state index in [1.54, 1.807) is 36.4 Å².